The molecule has 1 aromatic rings. The summed E-state index contributed by atoms with van der Waals surface area (Å²) in [7, 11) is 1.70. The molecule has 8 heteroatoms. The Balaban J connectivity index is 0.00000261. The van der Waals surface area contributed by atoms with Gasteiger partial charge in [0, 0.05) is 31.0 Å². The van der Waals surface area contributed by atoms with Crippen LogP contribution in [0.4, 0.5) is 13.2 Å². The lowest BCUT2D eigenvalue weighted by Crippen LogP contribution is -2.53. The molecule has 1 heterocycles. The number of benzene rings is 1. The van der Waals surface area contributed by atoms with E-state index in [4.69, 9.17) is 4.74 Å². The number of nitrogens with one attached hydrogen (secondary N) is 2. The Bertz CT molecular complexity index is 670. The molecule has 2 aliphatic rings. The van der Waals surface area contributed by atoms with E-state index in [0.29, 0.717) is 12.5 Å². The number of hydrogen-bond acceptors (Lipinski definition) is 2. The molecule has 4 nitrogen and oxygen atoms in total. The van der Waals surface area contributed by atoms with Crippen molar-refractivity contribution in [3.63, 3.8) is 0 Å². The second-order valence-electron chi connectivity index (χ2n) is 7.80. The van der Waals surface area contributed by atoms with Gasteiger partial charge in [-0.2, -0.15) is 13.2 Å². The van der Waals surface area contributed by atoms with Crippen LogP contribution < -0.4 is 10.6 Å². The van der Waals surface area contributed by atoms with E-state index >= 15 is 0 Å². The average Bonchev–Trinajstić information content (AvgIpc) is 2.54. The van der Waals surface area contributed by atoms with E-state index in [9.17, 15) is 13.2 Å². The Morgan fingerprint density at radius 1 is 1.19 bits per heavy atom. The Morgan fingerprint density at radius 3 is 2.33 bits per heavy atom. The quantitative estimate of drug-likeness (QED) is 0.368. The molecule has 1 saturated carbocycles. The van der Waals surface area contributed by atoms with Gasteiger partial charge in [0.25, 0.3) is 0 Å². The number of aliphatic imine (C=N–C) groups is 1. The van der Waals surface area contributed by atoms with Crippen LogP contribution in [0.2, 0.25) is 0 Å². The monoisotopic (exact) mass is 497 g/mol. The van der Waals surface area contributed by atoms with Crippen molar-refractivity contribution in [2.24, 2.45) is 10.4 Å². The number of guanidine groups is 1. The van der Waals surface area contributed by atoms with E-state index in [-0.39, 0.29) is 34.8 Å². The lowest BCUT2D eigenvalue weighted by molar-refractivity contribution is -0.137. The van der Waals surface area contributed by atoms with Crippen LogP contribution in [0.25, 0.3) is 0 Å². The van der Waals surface area contributed by atoms with E-state index in [0.717, 1.165) is 50.7 Å². The molecular formula is C19H27F3IN3O. The van der Waals surface area contributed by atoms with Crippen molar-refractivity contribution in [3.05, 3.63) is 35.4 Å². The zero-order chi connectivity index (χ0) is 18.8. The van der Waals surface area contributed by atoms with Crippen molar-refractivity contribution < 1.29 is 17.9 Å². The van der Waals surface area contributed by atoms with Gasteiger partial charge in [0.1, 0.15) is 0 Å². The molecule has 1 aliphatic heterocycles. The first-order valence-corrected chi connectivity index (χ1v) is 8.96. The maximum absolute atomic E-state index is 13.0. The molecule has 0 spiro atoms. The first kappa shape index (κ1) is 22.3. The van der Waals surface area contributed by atoms with Crippen LogP contribution in [0.1, 0.15) is 37.3 Å². The minimum Gasteiger partial charge on any atom is -0.380 e. The highest BCUT2D eigenvalue weighted by molar-refractivity contribution is 14.0. The zero-order valence-electron chi connectivity index (χ0n) is 15.7. The number of alkyl halides is 3. The Kier molecular flexibility index (Phi) is 7.05. The predicted octanol–water partition coefficient (Wildman–Crippen LogP) is 3.95. The minimum atomic E-state index is -4.31. The summed E-state index contributed by atoms with van der Waals surface area (Å²) in [4.78, 5) is 4.24. The van der Waals surface area contributed by atoms with Crippen LogP contribution in [0, 0.1) is 5.41 Å². The van der Waals surface area contributed by atoms with Gasteiger partial charge in [-0.05, 0) is 24.5 Å². The number of hydrogen-bond donors (Lipinski definition) is 2. The molecule has 0 atom stereocenters. The summed E-state index contributed by atoms with van der Waals surface area (Å²) in [5.74, 6) is 0.677. The number of rotatable bonds is 5. The second-order valence-corrected chi connectivity index (χ2v) is 7.80. The summed E-state index contributed by atoms with van der Waals surface area (Å²) in [5.41, 5.74) is 0.0254. The second kappa shape index (κ2) is 8.55. The predicted molar refractivity (Wildman–Crippen MR) is 111 cm³/mol. The van der Waals surface area contributed by atoms with Gasteiger partial charge in [-0.3, -0.25) is 4.99 Å². The molecule has 1 aliphatic carbocycles. The highest BCUT2D eigenvalue weighted by Crippen LogP contribution is 2.44. The highest BCUT2D eigenvalue weighted by atomic mass is 127. The molecule has 152 valence electrons. The standard InChI is InChI=1S/C19H26F3N3O.HI/c1-17(12-26-13-17)10-24-16(23-2)25-11-18(7-4-8-18)14-5-3-6-15(9-14)19(20,21)22;/h3,5-6,9H,4,7-8,10-13H2,1-2H3,(H2,23,24,25);1H. The molecule has 0 unspecified atom stereocenters. The molecule has 3 rings (SSSR count). The summed E-state index contributed by atoms with van der Waals surface area (Å²) in [5, 5.41) is 6.61. The molecule has 0 radical (unpaired) electrons. The summed E-state index contributed by atoms with van der Waals surface area (Å²) >= 11 is 0. The zero-order valence-corrected chi connectivity index (χ0v) is 18.0. The molecule has 1 aromatic carbocycles. The lowest BCUT2D eigenvalue weighted by Gasteiger charge is -2.43. The fraction of sp³-hybridized carbons (Fsp3) is 0.632. The van der Waals surface area contributed by atoms with Gasteiger partial charge in [-0.15, -0.1) is 24.0 Å². The third kappa shape index (κ3) is 5.07. The third-order valence-corrected chi connectivity index (χ3v) is 5.51. The SMILES string of the molecule is CN=C(NCC1(C)COC1)NCC1(c2cccc(C(F)(F)F)c2)CCC1.I. The van der Waals surface area contributed by atoms with E-state index < -0.39 is 11.7 Å². The summed E-state index contributed by atoms with van der Waals surface area (Å²) in [6.45, 7) is 4.92. The van der Waals surface area contributed by atoms with Crippen molar-refractivity contribution in [3.8, 4) is 0 Å². The van der Waals surface area contributed by atoms with Crippen LogP contribution in [0.15, 0.2) is 29.3 Å². The molecule has 0 bridgehead atoms. The van der Waals surface area contributed by atoms with Crippen molar-refractivity contribution in [2.45, 2.75) is 37.8 Å². The maximum atomic E-state index is 13.0. The Morgan fingerprint density at radius 2 is 1.85 bits per heavy atom. The molecule has 2 N–H and O–H groups in total. The van der Waals surface area contributed by atoms with Gasteiger partial charge < -0.3 is 15.4 Å². The van der Waals surface area contributed by atoms with Crippen LogP contribution in [0.5, 0.6) is 0 Å². The summed E-state index contributed by atoms with van der Waals surface area (Å²) < 4.78 is 44.4. The number of ether oxygens (including phenoxy) is 1. The highest BCUT2D eigenvalue weighted by Gasteiger charge is 2.40. The van der Waals surface area contributed by atoms with E-state index in [1.807, 2.05) is 0 Å². The summed E-state index contributed by atoms with van der Waals surface area (Å²) in [6, 6.07) is 5.73. The fourth-order valence-corrected chi connectivity index (χ4v) is 3.52. The molecule has 0 aromatic heterocycles. The van der Waals surface area contributed by atoms with Gasteiger partial charge in [0.2, 0.25) is 0 Å². The van der Waals surface area contributed by atoms with Crippen LogP contribution in [0.3, 0.4) is 0 Å². The summed E-state index contributed by atoms with van der Waals surface area (Å²) in [6.07, 6.45) is -1.53. The Labute approximate surface area is 175 Å². The third-order valence-electron chi connectivity index (χ3n) is 5.51. The van der Waals surface area contributed by atoms with E-state index in [1.54, 1.807) is 13.1 Å². The van der Waals surface area contributed by atoms with Gasteiger partial charge >= 0.3 is 6.18 Å². The van der Waals surface area contributed by atoms with Crippen LogP contribution in [-0.2, 0) is 16.3 Å². The van der Waals surface area contributed by atoms with Gasteiger partial charge in [-0.25, -0.2) is 0 Å². The number of nitrogens with zero attached hydrogens (tertiary/aromatic N) is 1. The van der Waals surface area contributed by atoms with Gasteiger partial charge in [-0.1, -0.05) is 31.5 Å². The molecular weight excluding hydrogens is 470 g/mol. The van der Waals surface area contributed by atoms with Crippen LogP contribution >= 0.6 is 24.0 Å². The largest absolute Gasteiger partial charge is 0.416 e. The fourth-order valence-electron chi connectivity index (χ4n) is 3.52. The van der Waals surface area contributed by atoms with Crippen molar-refractivity contribution >= 4 is 29.9 Å². The smallest absolute Gasteiger partial charge is 0.380 e. The topological polar surface area (TPSA) is 45.7 Å². The Hall–Kier alpha value is -1.03. The lowest BCUT2D eigenvalue weighted by atomic mass is 9.64. The van der Waals surface area contributed by atoms with Crippen molar-refractivity contribution in [1.29, 1.82) is 0 Å². The first-order chi connectivity index (χ1) is 12.3. The minimum absolute atomic E-state index is 0. The number of halogens is 4. The van der Waals surface area contributed by atoms with E-state index in [2.05, 4.69) is 22.5 Å². The van der Waals surface area contributed by atoms with E-state index in [1.165, 1.54) is 12.1 Å². The van der Waals surface area contributed by atoms with Crippen molar-refractivity contribution in [1.82, 2.24) is 10.6 Å². The first-order valence-electron chi connectivity index (χ1n) is 8.96. The molecule has 27 heavy (non-hydrogen) atoms. The molecule has 2 fully saturated rings. The maximum Gasteiger partial charge on any atom is 0.416 e. The molecule has 0 amide bonds. The average molecular weight is 497 g/mol. The normalized spacial score (nSPS) is 20.7. The van der Waals surface area contributed by atoms with Crippen molar-refractivity contribution in [2.75, 3.05) is 33.4 Å². The van der Waals surface area contributed by atoms with Gasteiger partial charge in [0.15, 0.2) is 5.96 Å². The molecule has 1 saturated heterocycles. The van der Waals surface area contributed by atoms with Crippen LogP contribution in [-0.4, -0.2) is 39.3 Å². The van der Waals surface area contributed by atoms with Gasteiger partial charge in [0.05, 0.1) is 18.8 Å².